The summed E-state index contributed by atoms with van der Waals surface area (Å²) in [4.78, 5) is 20.2. The van der Waals surface area contributed by atoms with E-state index in [0.717, 1.165) is 45.9 Å². The van der Waals surface area contributed by atoms with Gasteiger partial charge in [-0.15, -0.1) is 11.8 Å². The lowest BCUT2D eigenvalue weighted by Gasteiger charge is -2.37. The van der Waals surface area contributed by atoms with Gasteiger partial charge in [0.15, 0.2) is 0 Å². The van der Waals surface area contributed by atoms with E-state index >= 15 is 0 Å². The fraction of sp³-hybridized carbons (Fsp3) is 0.471. The van der Waals surface area contributed by atoms with Crippen LogP contribution in [0.15, 0.2) is 34.3 Å². The van der Waals surface area contributed by atoms with Gasteiger partial charge >= 0.3 is 0 Å². The number of aliphatic hydroxyl groups excluding tert-OH is 1. The third-order valence-corrected chi connectivity index (χ3v) is 6.31. The number of aromatic nitrogens is 2. The van der Waals surface area contributed by atoms with Crippen LogP contribution in [0, 0.1) is 0 Å². The Hall–Kier alpha value is -1.90. The predicted molar refractivity (Wildman–Crippen MR) is 94.0 cm³/mol. The zero-order chi connectivity index (χ0) is 17.0. The Morgan fingerprint density at radius 2 is 2.32 bits per heavy atom. The Morgan fingerprint density at radius 3 is 3.08 bits per heavy atom. The van der Waals surface area contributed by atoms with Gasteiger partial charge < -0.3 is 9.84 Å². The highest BCUT2D eigenvalue weighted by Gasteiger charge is 2.44. The fourth-order valence-corrected chi connectivity index (χ4v) is 5.07. The van der Waals surface area contributed by atoms with Crippen LogP contribution in [-0.4, -0.2) is 69.4 Å². The molecule has 1 unspecified atom stereocenters. The topological polar surface area (TPSA) is 90.8 Å². The van der Waals surface area contributed by atoms with Gasteiger partial charge in [0.05, 0.1) is 29.5 Å². The number of amides is 1. The number of hydrogen-bond acceptors (Lipinski definition) is 6. The van der Waals surface area contributed by atoms with Crippen LogP contribution >= 0.6 is 11.8 Å². The number of H-pyrrole nitrogens is 1. The van der Waals surface area contributed by atoms with E-state index in [0.29, 0.717) is 26.2 Å². The van der Waals surface area contributed by atoms with Gasteiger partial charge in [-0.1, -0.05) is 0 Å². The van der Waals surface area contributed by atoms with E-state index in [2.05, 4.69) is 20.1 Å². The third kappa shape index (κ3) is 2.47. The smallest absolute Gasteiger partial charge is 0.264 e. The molecule has 1 amide bonds. The number of allylic oxidation sites excluding steroid dienone is 1. The van der Waals surface area contributed by atoms with Crippen molar-refractivity contribution in [3.05, 3.63) is 34.9 Å². The number of aliphatic hydroxyl groups is 1. The first kappa shape index (κ1) is 15.4. The maximum Gasteiger partial charge on any atom is 0.264 e. The van der Waals surface area contributed by atoms with E-state index in [1.54, 1.807) is 6.20 Å². The predicted octanol–water partition coefficient (Wildman–Crippen LogP) is 0.958. The molecule has 0 radical (unpaired) electrons. The molecule has 4 aliphatic rings. The molecular formula is C17H18N4O3S. The number of nitrogens with one attached hydrogen (secondary N) is 1. The molecule has 0 aromatic carbocycles. The highest BCUT2D eigenvalue weighted by atomic mass is 32.2. The van der Waals surface area contributed by atoms with Crippen LogP contribution in [0.4, 0.5) is 0 Å². The zero-order valence-electron chi connectivity index (χ0n) is 13.6. The number of thioether (sulfide) groups is 1. The number of carbonyl (C=O) groups excluding carboxylic acids is 1. The summed E-state index contributed by atoms with van der Waals surface area (Å²) in [6.07, 6.45) is 5.11. The first-order valence-corrected chi connectivity index (χ1v) is 9.37. The first-order chi connectivity index (χ1) is 12.2. The highest BCUT2D eigenvalue weighted by molar-refractivity contribution is 8.10. The molecule has 1 atom stereocenters. The van der Waals surface area contributed by atoms with E-state index in [9.17, 15) is 9.90 Å². The van der Waals surface area contributed by atoms with Gasteiger partial charge in [0.2, 0.25) is 0 Å². The lowest BCUT2D eigenvalue weighted by Crippen LogP contribution is -2.53. The van der Waals surface area contributed by atoms with E-state index in [4.69, 9.17) is 4.74 Å². The molecule has 1 saturated heterocycles. The van der Waals surface area contributed by atoms with Crippen LogP contribution < -0.4 is 0 Å². The molecule has 8 heteroatoms. The number of aliphatic imine (C=N–C) groups is 1. The van der Waals surface area contributed by atoms with E-state index in [-0.39, 0.29) is 17.3 Å². The first-order valence-electron chi connectivity index (χ1n) is 8.49. The summed E-state index contributed by atoms with van der Waals surface area (Å²) in [5, 5.41) is 16.1. The number of likely N-dealkylation sites (tertiary alicyclic amines) is 1. The van der Waals surface area contributed by atoms with E-state index in [1.165, 1.54) is 11.8 Å². The minimum absolute atomic E-state index is 0.110. The number of ether oxygens (including phenoxy) is 1. The second-order valence-electron chi connectivity index (χ2n) is 6.73. The summed E-state index contributed by atoms with van der Waals surface area (Å²) < 4.78 is 6.06. The van der Waals surface area contributed by atoms with Crippen molar-refractivity contribution in [3.63, 3.8) is 0 Å². The van der Waals surface area contributed by atoms with Gasteiger partial charge in [-0.25, -0.2) is 4.99 Å². The quantitative estimate of drug-likeness (QED) is 0.836. The van der Waals surface area contributed by atoms with Crippen molar-refractivity contribution in [2.75, 3.05) is 26.2 Å². The van der Waals surface area contributed by atoms with Crippen LogP contribution in [0.25, 0.3) is 4.91 Å². The summed E-state index contributed by atoms with van der Waals surface area (Å²) >= 11 is 1.51. The number of rotatable bonds is 3. The summed E-state index contributed by atoms with van der Waals surface area (Å²) in [6.45, 7) is 2.55. The van der Waals surface area contributed by atoms with Crippen molar-refractivity contribution in [2.24, 2.45) is 4.99 Å². The molecule has 1 fully saturated rings. The molecule has 0 spiro atoms. The Kier molecular flexibility index (Phi) is 3.58. The standard InChI is InChI=1S/C17H18N4O3S/c22-10-6-21(7-10)8-12-11-2-1-3-24-14-13(11)16(17(23)20-12)25-15(14)9-4-18-19-5-9/h4-5,10,16,22H,1-3,6-8H2,(H,18,19). The van der Waals surface area contributed by atoms with Crippen molar-refractivity contribution in [1.29, 1.82) is 0 Å². The Morgan fingerprint density at radius 1 is 1.44 bits per heavy atom. The van der Waals surface area contributed by atoms with Crippen molar-refractivity contribution in [2.45, 2.75) is 24.2 Å². The molecule has 1 aromatic heterocycles. The molecule has 2 N–H and O–H groups in total. The average Bonchev–Trinajstić information content (AvgIpc) is 3.15. The summed E-state index contributed by atoms with van der Waals surface area (Å²) in [7, 11) is 0. The lowest BCUT2D eigenvalue weighted by atomic mass is 9.91. The second-order valence-corrected chi connectivity index (χ2v) is 7.85. The van der Waals surface area contributed by atoms with Crippen LogP contribution in [0.1, 0.15) is 18.4 Å². The fourth-order valence-electron chi connectivity index (χ4n) is 3.79. The molecule has 25 heavy (non-hydrogen) atoms. The monoisotopic (exact) mass is 358 g/mol. The largest absolute Gasteiger partial charge is 0.492 e. The number of dihydropyridines is 1. The lowest BCUT2D eigenvalue weighted by molar-refractivity contribution is -0.116. The van der Waals surface area contributed by atoms with E-state index in [1.807, 2.05) is 6.20 Å². The van der Waals surface area contributed by atoms with Crippen molar-refractivity contribution >= 4 is 28.3 Å². The average molecular weight is 358 g/mol. The molecular weight excluding hydrogens is 340 g/mol. The number of aromatic amines is 1. The zero-order valence-corrected chi connectivity index (χ0v) is 14.4. The SMILES string of the molecule is O=C1N=C(CN2CC(O)C2)C2=C3C(=C(c4cn[nH]c4)SC13)OCCC2. The number of β-amino-alcohol motifs (C(OH)–C–C–N with tert-alkyl or cyclic N) is 1. The van der Waals surface area contributed by atoms with Gasteiger partial charge in [-0.05, 0) is 18.4 Å². The third-order valence-electron chi connectivity index (χ3n) is 4.98. The molecule has 0 saturated carbocycles. The van der Waals surface area contributed by atoms with Crippen molar-refractivity contribution in [1.82, 2.24) is 15.1 Å². The molecule has 1 aromatic rings. The maximum atomic E-state index is 12.7. The molecule has 0 aliphatic carbocycles. The molecule has 7 nitrogen and oxygen atoms in total. The van der Waals surface area contributed by atoms with Gasteiger partial charge in [0.25, 0.3) is 5.91 Å². The normalized spacial score (nSPS) is 27.0. The van der Waals surface area contributed by atoms with Crippen LogP contribution in [0.3, 0.4) is 0 Å². The Bertz CT molecular complexity index is 821. The van der Waals surface area contributed by atoms with Crippen molar-refractivity contribution in [3.8, 4) is 0 Å². The molecule has 130 valence electrons. The van der Waals surface area contributed by atoms with Crippen LogP contribution in [0.5, 0.6) is 0 Å². The summed E-state index contributed by atoms with van der Waals surface area (Å²) in [5.74, 6) is 0.717. The molecule has 5 heterocycles. The highest BCUT2D eigenvalue weighted by Crippen LogP contribution is 2.51. The molecule has 5 rings (SSSR count). The Labute approximate surface area is 148 Å². The number of hydrogen-bond donors (Lipinski definition) is 2. The van der Waals surface area contributed by atoms with Crippen LogP contribution in [0.2, 0.25) is 0 Å². The van der Waals surface area contributed by atoms with Gasteiger partial charge in [0.1, 0.15) is 11.0 Å². The summed E-state index contributed by atoms with van der Waals surface area (Å²) in [6, 6.07) is 0. The number of nitrogens with zero attached hydrogens (tertiary/aromatic N) is 3. The van der Waals surface area contributed by atoms with Gasteiger partial charge in [0, 0.05) is 37.0 Å². The second kappa shape index (κ2) is 5.82. The summed E-state index contributed by atoms with van der Waals surface area (Å²) in [5.41, 5.74) is 3.96. The van der Waals surface area contributed by atoms with E-state index < -0.39 is 0 Å². The Balaban J connectivity index is 1.57. The van der Waals surface area contributed by atoms with Crippen molar-refractivity contribution < 1.29 is 14.6 Å². The molecule has 4 aliphatic heterocycles. The van der Waals surface area contributed by atoms with Crippen LogP contribution in [-0.2, 0) is 9.53 Å². The van der Waals surface area contributed by atoms with Gasteiger partial charge in [-0.3, -0.25) is 14.8 Å². The molecule has 0 bridgehead atoms. The number of carbonyl (C=O) groups is 1. The minimum atomic E-state index is -0.307. The van der Waals surface area contributed by atoms with Gasteiger partial charge in [-0.2, -0.15) is 5.10 Å². The minimum Gasteiger partial charge on any atom is -0.492 e. The maximum absolute atomic E-state index is 12.7.